The molecule has 1 heterocycles. The Kier molecular flexibility index (Phi) is 6.32. The van der Waals surface area contributed by atoms with Crippen LogP contribution in [-0.2, 0) is 16.6 Å². The van der Waals surface area contributed by atoms with Crippen LogP contribution < -0.4 is 10.1 Å². The number of nitrogens with zero attached hydrogens (tertiary/aromatic N) is 2. The first kappa shape index (κ1) is 20.2. The number of hydrogen-bond donors (Lipinski definition) is 3. The highest BCUT2D eigenvalue weighted by Gasteiger charge is 2.19. The Morgan fingerprint density at radius 3 is 2.62 bits per heavy atom. The molecule has 0 aliphatic carbocycles. The number of aromatic hydroxyl groups is 1. The van der Waals surface area contributed by atoms with Gasteiger partial charge in [0.2, 0.25) is 10.0 Å². The number of pyridine rings is 1. The quantitative estimate of drug-likeness (QED) is 0.407. The third-order valence-corrected chi connectivity index (χ3v) is 5.30. The lowest BCUT2D eigenvalue weighted by molar-refractivity contribution is 0.0952. The lowest BCUT2D eigenvalue weighted by atomic mass is 10.2. The molecule has 0 aliphatic heterocycles. The van der Waals surface area contributed by atoms with Gasteiger partial charge in [0.15, 0.2) is 0 Å². The van der Waals surface area contributed by atoms with Crippen LogP contribution in [0.25, 0.3) is 0 Å². The summed E-state index contributed by atoms with van der Waals surface area (Å²) < 4.78 is 27.5. The summed E-state index contributed by atoms with van der Waals surface area (Å²) in [6.07, 6.45) is 4.54. The summed E-state index contributed by atoms with van der Waals surface area (Å²) in [5, 5.41) is 13.7. The van der Waals surface area contributed by atoms with Gasteiger partial charge >= 0.3 is 0 Å². The maximum absolute atomic E-state index is 12.5. The monoisotopic (exact) mass is 410 g/mol. The number of rotatable bonds is 7. The van der Waals surface area contributed by atoms with Crippen molar-refractivity contribution in [3.63, 3.8) is 0 Å². The standard InChI is InChI=1S/C20H18N4O4S/c25-19-9-8-17(29(27,28)23-14-15-5-2-1-3-6-15)11-18(19)20(26)24-22-13-16-7-4-10-21-12-16/h1-13,23,25H,14H2,(H,24,26)/b22-13-. The Hall–Kier alpha value is -3.56. The van der Waals surface area contributed by atoms with Crippen LogP contribution in [0.4, 0.5) is 0 Å². The van der Waals surface area contributed by atoms with E-state index in [1.807, 2.05) is 6.07 Å². The number of phenolic OH excluding ortho intramolecular Hbond substituents is 1. The van der Waals surface area contributed by atoms with Crippen molar-refractivity contribution in [2.24, 2.45) is 5.10 Å². The SMILES string of the molecule is O=C(N/N=C\c1cccnc1)c1cc(S(=O)(=O)NCc2ccccc2)ccc1O. The summed E-state index contributed by atoms with van der Waals surface area (Å²) >= 11 is 0. The fourth-order valence-electron chi connectivity index (χ4n) is 2.40. The maximum atomic E-state index is 12.5. The van der Waals surface area contributed by atoms with Crippen molar-refractivity contribution in [1.29, 1.82) is 0 Å². The minimum absolute atomic E-state index is 0.0982. The number of aromatic nitrogens is 1. The smallest absolute Gasteiger partial charge is 0.275 e. The van der Waals surface area contributed by atoms with E-state index in [1.54, 1.807) is 48.8 Å². The van der Waals surface area contributed by atoms with E-state index < -0.39 is 15.9 Å². The van der Waals surface area contributed by atoms with Gasteiger partial charge in [0.25, 0.3) is 5.91 Å². The molecule has 0 saturated heterocycles. The van der Waals surface area contributed by atoms with E-state index >= 15 is 0 Å². The van der Waals surface area contributed by atoms with E-state index in [-0.39, 0.29) is 22.8 Å². The van der Waals surface area contributed by atoms with Crippen LogP contribution >= 0.6 is 0 Å². The average molecular weight is 410 g/mol. The van der Waals surface area contributed by atoms with Gasteiger partial charge in [0.05, 0.1) is 16.7 Å². The zero-order valence-electron chi connectivity index (χ0n) is 15.2. The van der Waals surface area contributed by atoms with Gasteiger partial charge in [-0.3, -0.25) is 9.78 Å². The molecule has 8 nitrogen and oxygen atoms in total. The minimum atomic E-state index is -3.88. The highest BCUT2D eigenvalue weighted by Crippen LogP contribution is 2.21. The molecule has 9 heteroatoms. The molecule has 0 bridgehead atoms. The van der Waals surface area contributed by atoms with Crippen molar-refractivity contribution < 1.29 is 18.3 Å². The van der Waals surface area contributed by atoms with Crippen LogP contribution in [0.5, 0.6) is 5.75 Å². The first-order valence-electron chi connectivity index (χ1n) is 8.56. The van der Waals surface area contributed by atoms with Crippen LogP contribution in [-0.4, -0.2) is 30.6 Å². The fraction of sp³-hybridized carbons (Fsp3) is 0.0500. The molecular weight excluding hydrogens is 392 g/mol. The molecule has 148 valence electrons. The molecule has 1 aromatic heterocycles. The lowest BCUT2D eigenvalue weighted by Gasteiger charge is -2.09. The van der Waals surface area contributed by atoms with Gasteiger partial charge in [-0.2, -0.15) is 5.10 Å². The first-order valence-corrected chi connectivity index (χ1v) is 10.0. The van der Waals surface area contributed by atoms with E-state index in [0.29, 0.717) is 5.56 Å². The van der Waals surface area contributed by atoms with E-state index in [9.17, 15) is 18.3 Å². The van der Waals surface area contributed by atoms with Gasteiger partial charge in [-0.1, -0.05) is 36.4 Å². The summed E-state index contributed by atoms with van der Waals surface area (Å²) in [5.74, 6) is -1.11. The first-order chi connectivity index (χ1) is 14.0. The maximum Gasteiger partial charge on any atom is 0.275 e. The summed E-state index contributed by atoms with van der Waals surface area (Å²) in [6.45, 7) is 0.0982. The van der Waals surface area contributed by atoms with Crippen molar-refractivity contribution in [1.82, 2.24) is 15.1 Å². The Morgan fingerprint density at radius 1 is 1.10 bits per heavy atom. The predicted molar refractivity (Wildman–Crippen MR) is 108 cm³/mol. The minimum Gasteiger partial charge on any atom is -0.507 e. The predicted octanol–water partition coefficient (Wildman–Crippen LogP) is 2.03. The molecule has 0 atom stereocenters. The van der Waals surface area contributed by atoms with Crippen molar-refractivity contribution in [3.8, 4) is 5.75 Å². The van der Waals surface area contributed by atoms with Crippen molar-refractivity contribution in [3.05, 3.63) is 89.7 Å². The molecule has 0 saturated carbocycles. The number of carbonyl (C=O) groups excluding carboxylic acids is 1. The second kappa shape index (κ2) is 9.09. The van der Waals surface area contributed by atoms with Crippen molar-refractivity contribution in [2.75, 3.05) is 0 Å². The van der Waals surface area contributed by atoms with Gasteiger partial charge in [0.1, 0.15) is 5.75 Å². The molecule has 3 aromatic rings. The van der Waals surface area contributed by atoms with Gasteiger partial charge in [-0.15, -0.1) is 0 Å². The molecule has 29 heavy (non-hydrogen) atoms. The topological polar surface area (TPSA) is 121 Å². The van der Waals surface area contributed by atoms with E-state index in [1.165, 1.54) is 12.3 Å². The second-order valence-corrected chi connectivity index (χ2v) is 7.74. The normalized spacial score (nSPS) is 11.4. The number of hydrazone groups is 1. The number of nitrogens with one attached hydrogen (secondary N) is 2. The van der Waals surface area contributed by atoms with Gasteiger partial charge in [0, 0.05) is 24.5 Å². The largest absolute Gasteiger partial charge is 0.507 e. The molecule has 1 amide bonds. The molecule has 0 fully saturated rings. The Bertz CT molecular complexity index is 1120. The van der Waals surface area contributed by atoms with Crippen molar-refractivity contribution in [2.45, 2.75) is 11.4 Å². The molecule has 0 aliphatic rings. The molecule has 3 rings (SSSR count). The molecule has 3 N–H and O–H groups in total. The summed E-state index contributed by atoms with van der Waals surface area (Å²) in [7, 11) is -3.88. The average Bonchev–Trinajstić information content (AvgIpc) is 2.74. The number of amides is 1. The van der Waals surface area contributed by atoms with Gasteiger partial charge in [-0.05, 0) is 29.8 Å². The lowest BCUT2D eigenvalue weighted by Crippen LogP contribution is -2.24. The van der Waals surface area contributed by atoms with Crippen LogP contribution in [0.2, 0.25) is 0 Å². The molecule has 0 radical (unpaired) electrons. The highest BCUT2D eigenvalue weighted by atomic mass is 32.2. The Morgan fingerprint density at radius 2 is 1.90 bits per heavy atom. The second-order valence-electron chi connectivity index (χ2n) is 5.97. The van der Waals surface area contributed by atoms with Crippen LogP contribution in [0.1, 0.15) is 21.5 Å². The molecule has 0 spiro atoms. The van der Waals surface area contributed by atoms with Crippen LogP contribution in [0.3, 0.4) is 0 Å². The number of sulfonamides is 1. The van der Waals surface area contributed by atoms with Gasteiger partial charge in [-0.25, -0.2) is 18.6 Å². The number of phenols is 1. The summed E-state index contributed by atoms with van der Waals surface area (Å²) in [4.78, 5) is 16.1. The van der Waals surface area contributed by atoms with Crippen LogP contribution in [0.15, 0.2) is 83.1 Å². The number of benzene rings is 2. The highest BCUT2D eigenvalue weighted by molar-refractivity contribution is 7.89. The van der Waals surface area contributed by atoms with E-state index in [2.05, 4.69) is 20.2 Å². The molecular formula is C20H18N4O4S. The van der Waals surface area contributed by atoms with Crippen LogP contribution in [0, 0.1) is 0 Å². The Labute approximate surface area is 168 Å². The fourth-order valence-corrected chi connectivity index (χ4v) is 3.44. The number of hydrogen-bond acceptors (Lipinski definition) is 6. The third kappa shape index (κ3) is 5.47. The third-order valence-electron chi connectivity index (χ3n) is 3.90. The molecule has 0 unspecified atom stereocenters. The van der Waals surface area contributed by atoms with Crippen molar-refractivity contribution >= 4 is 22.1 Å². The van der Waals surface area contributed by atoms with E-state index in [0.717, 1.165) is 17.7 Å². The summed E-state index contributed by atoms with van der Waals surface area (Å²) in [5.41, 5.74) is 3.49. The number of carbonyl (C=O) groups is 1. The van der Waals surface area contributed by atoms with Gasteiger partial charge < -0.3 is 5.11 Å². The van der Waals surface area contributed by atoms with E-state index in [4.69, 9.17) is 0 Å². The zero-order chi connectivity index (χ0) is 20.7. The Balaban J connectivity index is 1.73. The zero-order valence-corrected chi connectivity index (χ0v) is 16.0. The molecule has 2 aromatic carbocycles. The summed E-state index contributed by atoms with van der Waals surface area (Å²) in [6, 6.07) is 15.9.